The SMILES string of the molecule is COCCNCc1nnnn1CCc1ccc(F)cc1C. The van der Waals surface area contributed by atoms with Gasteiger partial charge in [0, 0.05) is 20.2 Å². The second-order valence-corrected chi connectivity index (χ2v) is 4.81. The molecule has 0 spiro atoms. The second kappa shape index (κ2) is 7.80. The number of halogens is 1. The van der Waals surface area contributed by atoms with Gasteiger partial charge < -0.3 is 10.1 Å². The van der Waals surface area contributed by atoms with Crippen LogP contribution in [0, 0.1) is 12.7 Å². The van der Waals surface area contributed by atoms with Gasteiger partial charge in [-0.05, 0) is 47.0 Å². The fraction of sp³-hybridized carbons (Fsp3) is 0.500. The van der Waals surface area contributed by atoms with Gasteiger partial charge in [0.05, 0.1) is 13.2 Å². The van der Waals surface area contributed by atoms with Crippen LogP contribution in [0.15, 0.2) is 18.2 Å². The first-order valence-electron chi connectivity index (χ1n) is 6.90. The van der Waals surface area contributed by atoms with Gasteiger partial charge in [-0.25, -0.2) is 9.07 Å². The van der Waals surface area contributed by atoms with Gasteiger partial charge in [-0.1, -0.05) is 6.07 Å². The van der Waals surface area contributed by atoms with Crippen LogP contribution in [0.4, 0.5) is 4.39 Å². The molecule has 1 aromatic carbocycles. The van der Waals surface area contributed by atoms with E-state index in [4.69, 9.17) is 4.74 Å². The lowest BCUT2D eigenvalue weighted by molar-refractivity contribution is 0.198. The minimum absolute atomic E-state index is 0.207. The van der Waals surface area contributed by atoms with E-state index in [0.717, 1.165) is 29.9 Å². The molecule has 2 aromatic rings. The molecule has 0 amide bonds. The van der Waals surface area contributed by atoms with Crippen molar-refractivity contribution in [3.8, 4) is 0 Å². The number of aryl methyl sites for hydroxylation is 3. The van der Waals surface area contributed by atoms with Crippen LogP contribution in [-0.4, -0.2) is 40.5 Å². The van der Waals surface area contributed by atoms with Gasteiger partial charge in [0.1, 0.15) is 5.82 Å². The summed E-state index contributed by atoms with van der Waals surface area (Å²) in [7, 11) is 1.66. The molecule has 0 bridgehead atoms. The number of benzene rings is 1. The predicted octanol–water partition coefficient (Wildman–Crippen LogP) is 1.10. The molecule has 0 atom stereocenters. The van der Waals surface area contributed by atoms with E-state index in [1.54, 1.807) is 17.9 Å². The summed E-state index contributed by atoms with van der Waals surface area (Å²) in [6.45, 7) is 4.57. The third-order valence-corrected chi connectivity index (χ3v) is 3.27. The Labute approximate surface area is 123 Å². The van der Waals surface area contributed by atoms with Crippen molar-refractivity contribution in [2.45, 2.75) is 26.4 Å². The van der Waals surface area contributed by atoms with Gasteiger partial charge in [0.2, 0.25) is 0 Å². The topological polar surface area (TPSA) is 64.9 Å². The van der Waals surface area contributed by atoms with E-state index in [2.05, 4.69) is 20.8 Å². The Morgan fingerprint density at radius 2 is 2.24 bits per heavy atom. The van der Waals surface area contributed by atoms with Gasteiger partial charge >= 0.3 is 0 Å². The molecule has 0 unspecified atom stereocenters. The molecule has 0 fully saturated rings. The van der Waals surface area contributed by atoms with Crippen molar-refractivity contribution in [1.29, 1.82) is 0 Å². The number of nitrogens with zero attached hydrogens (tertiary/aromatic N) is 4. The van der Waals surface area contributed by atoms with Crippen molar-refractivity contribution in [3.05, 3.63) is 41.0 Å². The first-order chi connectivity index (χ1) is 10.2. The van der Waals surface area contributed by atoms with E-state index < -0.39 is 0 Å². The van der Waals surface area contributed by atoms with Gasteiger partial charge in [-0.3, -0.25) is 0 Å². The third kappa shape index (κ3) is 4.57. The van der Waals surface area contributed by atoms with Crippen molar-refractivity contribution in [2.75, 3.05) is 20.3 Å². The summed E-state index contributed by atoms with van der Waals surface area (Å²) in [4.78, 5) is 0. The van der Waals surface area contributed by atoms with Crippen molar-refractivity contribution < 1.29 is 9.13 Å². The molecular formula is C14H20FN5O. The maximum atomic E-state index is 13.1. The maximum Gasteiger partial charge on any atom is 0.165 e. The molecule has 1 heterocycles. The van der Waals surface area contributed by atoms with Gasteiger partial charge in [-0.15, -0.1) is 5.10 Å². The minimum atomic E-state index is -0.207. The molecular weight excluding hydrogens is 273 g/mol. The average Bonchev–Trinajstić information content (AvgIpc) is 2.90. The number of methoxy groups -OCH3 is 1. The van der Waals surface area contributed by atoms with E-state index >= 15 is 0 Å². The lowest BCUT2D eigenvalue weighted by atomic mass is 10.1. The van der Waals surface area contributed by atoms with Gasteiger partial charge in [0.25, 0.3) is 0 Å². The molecule has 0 saturated heterocycles. The number of hydrogen-bond donors (Lipinski definition) is 1. The molecule has 114 valence electrons. The van der Waals surface area contributed by atoms with Crippen molar-refractivity contribution in [3.63, 3.8) is 0 Å². The summed E-state index contributed by atoms with van der Waals surface area (Å²) in [6, 6.07) is 4.84. The number of hydrogen-bond acceptors (Lipinski definition) is 5. The summed E-state index contributed by atoms with van der Waals surface area (Å²) in [5.74, 6) is 0.576. The van der Waals surface area contributed by atoms with Crippen LogP contribution in [0.1, 0.15) is 17.0 Å². The Kier molecular flexibility index (Phi) is 5.77. The van der Waals surface area contributed by atoms with Gasteiger partial charge in [0.15, 0.2) is 5.82 Å². The molecule has 21 heavy (non-hydrogen) atoms. The molecule has 0 aliphatic rings. The molecule has 0 aliphatic heterocycles. The first-order valence-corrected chi connectivity index (χ1v) is 6.90. The van der Waals surface area contributed by atoms with Crippen LogP contribution in [0.3, 0.4) is 0 Å². The zero-order valence-corrected chi connectivity index (χ0v) is 12.3. The van der Waals surface area contributed by atoms with Crippen LogP contribution >= 0.6 is 0 Å². The van der Waals surface area contributed by atoms with Gasteiger partial charge in [-0.2, -0.15) is 0 Å². The predicted molar refractivity (Wildman–Crippen MR) is 76.2 cm³/mol. The molecule has 0 radical (unpaired) electrons. The molecule has 0 saturated carbocycles. The Morgan fingerprint density at radius 1 is 1.38 bits per heavy atom. The minimum Gasteiger partial charge on any atom is -0.383 e. The standard InChI is InChI=1S/C14H20FN5O/c1-11-9-13(15)4-3-12(11)5-7-20-14(17-18-19-20)10-16-6-8-21-2/h3-4,9,16H,5-8,10H2,1-2H3. The maximum absolute atomic E-state index is 13.1. The van der Waals surface area contributed by atoms with Crippen molar-refractivity contribution in [2.24, 2.45) is 0 Å². The summed E-state index contributed by atoms with van der Waals surface area (Å²) in [5.41, 5.74) is 2.05. The number of tetrazole rings is 1. The normalized spacial score (nSPS) is 11.0. The van der Waals surface area contributed by atoms with Crippen LogP contribution in [0.5, 0.6) is 0 Å². The largest absolute Gasteiger partial charge is 0.383 e. The monoisotopic (exact) mass is 293 g/mol. The van der Waals surface area contributed by atoms with Crippen LogP contribution in [0.2, 0.25) is 0 Å². The molecule has 6 nitrogen and oxygen atoms in total. The molecule has 0 aliphatic carbocycles. The third-order valence-electron chi connectivity index (χ3n) is 3.27. The molecule has 2 rings (SSSR count). The zero-order chi connectivity index (χ0) is 15.1. The van der Waals surface area contributed by atoms with Crippen LogP contribution < -0.4 is 5.32 Å². The highest BCUT2D eigenvalue weighted by Crippen LogP contribution is 2.11. The zero-order valence-electron chi connectivity index (χ0n) is 12.3. The first kappa shape index (κ1) is 15.5. The average molecular weight is 293 g/mol. The Morgan fingerprint density at radius 3 is 3.00 bits per heavy atom. The fourth-order valence-electron chi connectivity index (χ4n) is 2.06. The lowest BCUT2D eigenvalue weighted by Crippen LogP contribution is -2.21. The van der Waals surface area contributed by atoms with E-state index in [1.807, 2.05) is 13.0 Å². The quantitative estimate of drug-likeness (QED) is 0.738. The number of aromatic nitrogens is 4. The van der Waals surface area contributed by atoms with Crippen molar-refractivity contribution >= 4 is 0 Å². The number of rotatable bonds is 8. The Hall–Kier alpha value is -1.86. The second-order valence-electron chi connectivity index (χ2n) is 4.81. The smallest absolute Gasteiger partial charge is 0.165 e. The molecule has 7 heteroatoms. The Bertz CT molecular complexity index is 572. The van der Waals surface area contributed by atoms with Crippen molar-refractivity contribution in [1.82, 2.24) is 25.5 Å². The molecule has 1 aromatic heterocycles. The van der Waals surface area contributed by atoms with E-state index in [1.165, 1.54) is 6.07 Å². The summed E-state index contributed by atoms with van der Waals surface area (Å²) in [5, 5.41) is 14.9. The lowest BCUT2D eigenvalue weighted by Gasteiger charge is -2.08. The highest BCUT2D eigenvalue weighted by Gasteiger charge is 2.07. The number of nitrogens with one attached hydrogen (secondary N) is 1. The fourth-order valence-corrected chi connectivity index (χ4v) is 2.06. The molecule has 1 N–H and O–H groups in total. The van der Waals surface area contributed by atoms with E-state index in [0.29, 0.717) is 19.7 Å². The Balaban J connectivity index is 1.90. The van der Waals surface area contributed by atoms with E-state index in [9.17, 15) is 4.39 Å². The summed E-state index contributed by atoms with van der Waals surface area (Å²) >= 11 is 0. The summed E-state index contributed by atoms with van der Waals surface area (Å²) < 4.78 is 19.8. The highest BCUT2D eigenvalue weighted by atomic mass is 19.1. The van der Waals surface area contributed by atoms with Crippen LogP contribution in [-0.2, 0) is 24.2 Å². The van der Waals surface area contributed by atoms with E-state index in [-0.39, 0.29) is 5.82 Å². The highest BCUT2D eigenvalue weighted by molar-refractivity contribution is 5.26. The number of ether oxygens (including phenoxy) is 1. The summed E-state index contributed by atoms with van der Waals surface area (Å²) in [6.07, 6.45) is 0.766. The van der Waals surface area contributed by atoms with Crippen LogP contribution in [0.25, 0.3) is 0 Å².